The van der Waals surface area contributed by atoms with Crippen LogP contribution in [0.4, 0.5) is 0 Å². The highest BCUT2D eigenvalue weighted by molar-refractivity contribution is 6.35. The average Bonchev–Trinajstić information content (AvgIpc) is 2.90. The average molecular weight is 317 g/mol. The standard InChI is InChI=1S/C13H14Cl2N2O3/c1-2-20-13(19)10-4-3-5-17(10)12(18)8-6-11(15)16-7-9(8)14/h6-7,10H,2-5H2,1H3. The van der Waals surface area contributed by atoms with Gasteiger partial charge < -0.3 is 9.64 Å². The van der Waals surface area contributed by atoms with E-state index in [0.29, 0.717) is 19.6 Å². The van der Waals surface area contributed by atoms with Gasteiger partial charge in [-0.1, -0.05) is 23.2 Å². The topological polar surface area (TPSA) is 59.5 Å². The van der Waals surface area contributed by atoms with Crippen LogP contribution in [0.1, 0.15) is 30.1 Å². The predicted octanol–water partition coefficient (Wildman–Crippen LogP) is 2.56. The molecule has 1 aromatic rings. The summed E-state index contributed by atoms with van der Waals surface area (Å²) in [7, 11) is 0. The maximum atomic E-state index is 12.5. The van der Waals surface area contributed by atoms with Crippen LogP contribution in [0.25, 0.3) is 0 Å². The van der Waals surface area contributed by atoms with E-state index in [4.69, 9.17) is 27.9 Å². The van der Waals surface area contributed by atoms with Gasteiger partial charge in [0, 0.05) is 12.7 Å². The fraction of sp³-hybridized carbons (Fsp3) is 0.462. The molecule has 1 fully saturated rings. The predicted molar refractivity (Wildman–Crippen MR) is 74.9 cm³/mol. The van der Waals surface area contributed by atoms with Crippen LogP contribution in [0.15, 0.2) is 12.3 Å². The van der Waals surface area contributed by atoms with Crippen molar-refractivity contribution in [1.82, 2.24) is 9.88 Å². The van der Waals surface area contributed by atoms with Gasteiger partial charge in [0.25, 0.3) is 5.91 Å². The molecular weight excluding hydrogens is 303 g/mol. The molecule has 2 heterocycles. The summed E-state index contributed by atoms with van der Waals surface area (Å²) in [6.45, 7) is 2.52. The van der Waals surface area contributed by atoms with Gasteiger partial charge in [-0.05, 0) is 25.8 Å². The van der Waals surface area contributed by atoms with E-state index in [1.807, 2.05) is 0 Å². The van der Waals surface area contributed by atoms with Gasteiger partial charge in [-0.2, -0.15) is 0 Å². The first kappa shape index (κ1) is 15.1. The zero-order valence-corrected chi connectivity index (χ0v) is 12.4. The molecule has 0 aromatic carbocycles. The molecule has 5 nitrogen and oxygen atoms in total. The third-order valence-electron chi connectivity index (χ3n) is 3.12. The second kappa shape index (κ2) is 6.41. The Balaban J connectivity index is 2.23. The number of amides is 1. The minimum Gasteiger partial charge on any atom is -0.464 e. The minimum absolute atomic E-state index is 0.185. The van der Waals surface area contributed by atoms with Crippen molar-refractivity contribution in [2.75, 3.05) is 13.2 Å². The van der Waals surface area contributed by atoms with Gasteiger partial charge in [-0.3, -0.25) is 4.79 Å². The number of esters is 1. The first-order valence-electron chi connectivity index (χ1n) is 6.33. The molecule has 20 heavy (non-hydrogen) atoms. The van der Waals surface area contributed by atoms with Crippen LogP contribution < -0.4 is 0 Å². The molecule has 0 spiro atoms. The molecule has 1 saturated heterocycles. The molecule has 0 N–H and O–H groups in total. The quantitative estimate of drug-likeness (QED) is 0.635. The smallest absolute Gasteiger partial charge is 0.328 e. The lowest BCUT2D eigenvalue weighted by atomic mass is 10.2. The van der Waals surface area contributed by atoms with Crippen molar-refractivity contribution in [1.29, 1.82) is 0 Å². The second-order valence-corrected chi connectivity index (χ2v) is 5.19. The Kier molecular flexibility index (Phi) is 4.83. The number of carbonyl (C=O) groups is 2. The summed E-state index contributed by atoms with van der Waals surface area (Å²) in [5, 5.41) is 0.401. The van der Waals surface area contributed by atoms with Crippen molar-refractivity contribution >= 4 is 35.1 Å². The summed E-state index contributed by atoms with van der Waals surface area (Å²) < 4.78 is 4.99. The van der Waals surface area contributed by atoms with Crippen molar-refractivity contribution in [3.63, 3.8) is 0 Å². The van der Waals surface area contributed by atoms with Gasteiger partial charge in [0.1, 0.15) is 11.2 Å². The summed E-state index contributed by atoms with van der Waals surface area (Å²) in [5.74, 6) is -0.704. The summed E-state index contributed by atoms with van der Waals surface area (Å²) in [5.41, 5.74) is 0.253. The second-order valence-electron chi connectivity index (χ2n) is 4.40. The van der Waals surface area contributed by atoms with Crippen molar-refractivity contribution in [3.8, 4) is 0 Å². The lowest BCUT2D eigenvalue weighted by Gasteiger charge is -2.23. The first-order valence-corrected chi connectivity index (χ1v) is 7.08. The van der Waals surface area contributed by atoms with E-state index in [-0.39, 0.29) is 27.6 Å². The lowest BCUT2D eigenvalue weighted by molar-refractivity contribution is -0.147. The molecule has 0 saturated carbocycles. The molecule has 0 radical (unpaired) electrons. The Morgan fingerprint density at radius 3 is 2.95 bits per heavy atom. The van der Waals surface area contributed by atoms with E-state index < -0.39 is 6.04 Å². The number of nitrogens with zero attached hydrogens (tertiary/aromatic N) is 2. The zero-order valence-electron chi connectivity index (χ0n) is 10.9. The number of halogens is 2. The van der Waals surface area contributed by atoms with Gasteiger partial charge in [-0.15, -0.1) is 0 Å². The Labute approximate surface area is 126 Å². The van der Waals surface area contributed by atoms with Crippen molar-refractivity contribution in [2.45, 2.75) is 25.8 Å². The molecule has 1 amide bonds. The number of hydrogen-bond donors (Lipinski definition) is 0. The summed E-state index contributed by atoms with van der Waals surface area (Å²) in [6, 6.07) is 0.859. The van der Waals surface area contributed by atoms with E-state index in [1.165, 1.54) is 17.2 Å². The molecule has 0 bridgehead atoms. The van der Waals surface area contributed by atoms with Crippen molar-refractivity contribution in [2.24, 2.45) is 0 Å². The van der Waals surface area contributed by atoms with E-state index in [0.717, 1.165) is 6.42 Å². The zero-order chi connectivity index (χ0) is 14.7. The van der Waals surface area contributed by atoms with Crippen molar-refractivity contribution in [3.05, 3.63) is 28.0 Å². The third-order valence-corrected chi connectivity index (χ3v) is 3.63. The van der Waals surface area contributed by atoms with E-state index >= 15 is 0 Å². The lowest BCUT2D eigenvalue weighted by Crippen LogP contribution is -2.41. The van der Waals surface area contributed by atoms with Crippen LogP contribution in [-0.4, -0.2) is 41.0 Å². The molecule has 1 unspecified atom stereocenters. The van der Waals surface area contributed by atoms with Crippen molar-refractivity contribution < 1.29 is 14.3 Å². The summed E-state index contributed by atoms with van der Waals surface area (Å²) in [4.78, 5) is 29.6. The molecule has 1 aliphatic rings. The fourth-order valence-corrected chi connectivity index (χ4v) is 2.57. The largest absolute Gasteiger partial charge is 0.464 e. The van der Waals surface area contributed by atoms with Gasteiger partial charge in [0.2, 0.25) is 0 Å². The molecule has 2 rings (SSSR count). The number of likely N-dealkylation sites (tertiary alicyclic amines) is 1. The van der Waals surface area contributed by atoms with Gasteiger partial charge in [0.05, 0.1) is 17.2 Å². The minimum atomic E-state index is -0.551. The van der Waals surface area contributed by atoms with Crippen LogP contribution in [0.2, 0.25) is 10.2 Å². The number of carbonyl (C=O) groups excluding carboxylic acids is 2. The molecular formula is C13H14Cl2N2O3. The molecule has 1 aliphatic heterocycles. The van der Waals surface area contributed by atoms with Gasteiger partial charge >= 0.3 is 5.97 Å². The summed E-state index contributed by atoms with van der Waals surface area (Å²) >= 11 is 11.8. The highest BCUT2D eigenvalue weighted by Gasteiger charge is 2.36. The highest BCUT2D eigenvalue weighted by atomic mass is 35.5. The maximum absolute atomic E-state index is 12.5. The van der Waals surface area contributed by atoms with Crippen LogP contribution in [0.3, 0.4) is 0 Å². The highest BCUT2D eigenvalue weighted by Crippen LogP contribution is 2.25. The van der Waals surface area contributed by atoms with Crippen LogP contribution in [0, 0.1) is 0 Å². The number of hydrogen-bond acceptors (Lipinski definition) is 4. The molecule has 1 aromatic heterocycles. The van der Waals surface area contributed by atoms with E-state index in [9.17, 15) is 9.59 Å². The normalized spacial score (nSPS) is 18.1. The Hall–Kier alpha value is -1.33. The number of pyridine rings is 1. The fourth-order valence-electron chi connectivity index (χ4n) is 2.23. The maximum Gasteiger partial charge on any atom is 0.328 e. The molecule has 7 heteroatoms. The molecule has 1 atom stereocenters. The monoisotopic (exact) mass is 316 g/mol. The Morgan fingerprint density at radius 1 is 1.50 bits per heavy atom. The van der Waals surface area contributed by atoms with Crippen LogP contribution in [0.5, 0.6) is 0 Å². The van der Waals surface area contributed by atoms with Gasteiger partial charge in [0.15, 0.2) is 0 Å². The number of ether oxygens (including phenoxy) is 1. The Morgan fingerprint density at radius 2 is 2.25 bits per heavy atom. The Bertz CT molecular complexity index is 536. The van der Waals surface area contributed by atoms with Crippen LogP contribution in [-0.2, 0) is 9.53 Å². The first-order chi connectivity index (χ1) is 9.54. The number of aromatic nitrogens is 1. The molecule has 108 valence electrons. The van der Waals surface area contributed by atoms with E-state index in [2.05, 4.69) is 4.98 Å². The summed E-state index contributed by atoms with van der Waals surface area (Å²) in [6.07, 6.45) is 2.68. The van der Waals surface area contributed by atoms with E-state index in [1.54, 1.807) is 6.92 Å². The van der Waals surface area contributed by atoms with Crippen LogP contribution >= 0.6 is 23.2 Å². The molecule has 0 aliphatic carbocycles. The third kappa shape index (κ3) is 3.04. The van der Waals surface area contributed by atoms with Gasteiger partial charge in [-0.25, -0.2) is 9.78 Å². The number of rotatable bonds is 3. The SMILES string of the molecule is CCOC(=O)C1CCCN1C(=O)c1cc(Cl)ncc1Cl.